The highest BCUT2D eigenvalue weighted by Crippen LogP contribution is 2.15. The molecule has 0 N–H and O–H groups in total. The van der Waals surface area contributed by atoms with Crippen molar-refractivity contribution in [1.82, 2.24) is 4.90 Å². The zero-order chi connectivity index (χ0) is 12.4. The first-order chi connectivity index (χ1) is 8.06. The normalized spacial score (nSPS) is 15.8. The molecular formula is C12H13F2NO2. The summed E-state index contributed by atoms with van der Waals surface area (Å²) >= 11 is 0. The fraction of sp³-hybridized carbons (Fsp3) is 0.417. The number of rotatable bonds is 3. The van der Waals surface area contributed by atoms with Crippen LogP contribution in [0.25, 0.3) is 0 Å². The first kappa shape index (κ1) is 12.0. The Morgan fingerprint density at radius 1 is 1.41 bits per heavy atom. The van der Waals surface area contributed by atoms with E-state index in [9.17, 15) is 13.6 Å². The summed E-state index contributed by atoms with van der Waals surface area (Å²) in [6.45, 7) is 2.87. The molecule has 2 rings (SSSR count). The van der Waals surface area contributed by atoms with Gasteiger partial charge in [-0.3, -0.25) is 4.79 Å². The number of carbonyl (C=O) groups is 1. The quantitative estimate of drug-likeness (QED) is 0.806. The van der Waals surface area contributed by atoms with Gasteiger partial charge in [0.1, 0.15) is 0 Å². The maximum atomic E-state index is 12.9. The third-order valence-corrected chi connectivity index (χ3v) is 2.76. The second kappa shape index (κ2) is 4.79. The van der Waals surface area contributed by atoms with Crippen molar-refractivity contribution in [2.45, 2.75) is 19.6 Å². The Labute approximate surface area is 98.0 Å². The highest BCUT2D eigenvalue weighted by molar-refractivity contribution is 5.74. The fourth-order valence-corrected chi connectivity index (χ4v) is 1.64. The Bertz CT molecular complexity index is 431. The lowest BCUT2D eigenvalue weighted by atomic mass is 10.1. The van der Waals surface area contributed by atoms with Crippen molar-refractivity contribution in [1.29, 1.82) is 0 Å². The largest absolute Gasteiger partial charge is 0.370 e. The van der Waals surface area contributed by atoms with Crippen LogP contribution in [0.1, 0.15) is 12.5 Å². The number of amides is 1. The molecule has 1 saturated heterocycles. The summed E-state index contributed by atoms with van der Waals surface area (Å²) in [7, 11) is 0. The van der Waals surface area contributed by atoms with E-state index in [0.717, 1.165) is 12.1 Å². The summed E-state index contributed by atoms with van der Waals surface area (Å²) in [5, 5.41) is 0. The smallest absolute Gasteiger partial charge is 0.219 e. The monoisotopic (exact) mass is 241 g/mol. The highest BCUT2D eigenvalue weighted by Gasteiger charge is 2.28. The second-order valence-corrected chi connectivity index (χ2v) is 4.11. The third kappa shape index (κ3) is 2.79. The number of hydrogen-bond acceptors (Lipinski definition) is 2. The highest BCUT2D eigenvalue weighted by atomic mass is 19.2. The third-order valence-electron chi connectivity index (χ3n) is 2.76. The Morgan fingerprint density at radius 2 is 2.12 bits per heavy atom. The molecule has 1 fully saturated rings. The summed E-state index contributed by atoms with van der Waals surface area (Å²) in [5.74, 6) is -1.71. The van der Waals surface area contributed by atoms with Crippen LogP contribution in [-0.4, -0.2) is 30.0 Å². The molecule has 0 bridgehead atoms. The minimum absolute atomic E-state index is 0.00739. The van der Waals surface area contributed by atoms with Crippen molar-refractivity contribution >= 4 is 5.91 Å². The van der Waals surface area contributed by atoms with Crippen LogP contribution in [0.3, 0.4) is 0 Å². The van der Waals surface area contributed by atoms with Crippen LogP contribution in [-0.2, 0) is 16.1 Å². The number of carbonyl (C=O) groups excluding carboxylic acids is 1. The van der Waals surface area contributed by atoms with Gasteiger partial charge < -0.3 is 9.64 Å². The number of benzene rings is 1. The molecule has 0 aromatic heterocycles. The molecule has 92 valence electrons. The van der Waals surface area contributed by atoms with Crippen LogP contribution in [0.5, 0.6) is 0 Å². The van der Waals surface area contributed by atoms with E-state index in [1.807, 2.05) is 0 Å². The minimum atomic E-state index is -0.870. The SMILES string of the molecule is CC(=O)N1CC(OCc2ccc(F)c(F)c2)C1. The summed E-state index contributed by atoms with van der Waals surface area (Å²) in [6, 6.07) is 3.69. The molecule has 0 aliphatic carbocycles. The van der Waals surface area contributed by atoms with E-state index in [0.29, 0.717) is 18.7 Å². The van der Waals surface area contributed by atoms with Gasteiger partial charge in [0.05, 0.1) is 12.7 Å². The second-order valence-electron chi connectivity index (χ2n) is 4.11. The lowest BCUT2D eigenvalue weighted by molar-refractivity contribution is -0.143. The van der Waals surface area contributed by atoms with Crippen molar-refractivity contribution < 1.29 is 18.3 Å². The first-order valence-electron chi connectivity index (χ1n) is 5.37. The van der Waals surface area contributed by atoms with E-state index in [1.54, 1.807) is 4.90 Å². The molecule has 5 heteroatoms. The Kier molecular flexibility index (Phi) is 3.38. The van der Waals surface area contributed by atoms with Crippen LogP contribution >= 0.6 is 0 Å². The Hall–Kier alpha value is -1.49. The van der Waals surface area contributed by atoms with E-state index < -0.39 is 11.6 Å². The number of nitrogens with zero attached hydrogens (tertiary/aromatic N) is 1. The van der Waals surface area contributed by atoms with Gasteiger partial charge in [0.25, 0.3) is 0 Å². The first-order valence-corrected chi connectivity index (χ1v) is 5.37. The van der Waals surface area contributed by atoms with E-state index in [-0.39, 0.29) is 18.6 Å². The van der Waals surface area contributed by atoms with Crippen molar-refractivity contribution in [3.8, 4) is 0 Å². The zero-order valence-corrected chi connectivity index (χ0v) is 9.45. The minimum Gasteiger partial charge on any atom is -0.370 e. The van der Waals surface area contributed by atoms with E-state index >= 15 is 0 Å². The van der Waals surface area contributed by atoms with Gasteiger partial charge in [-0.2, -0.15) is 0 Å². The number of hydrogen-bond donors (Lipinski definition) is 0. The van der Waals surface area contributed by atoms with Gasteiger partial charge in [-0.15, -0.1) is 0 Å². The maximum Gasteiger partial charge on any atom is 0.219 e. The van der Waals surface area contributed by atoms with Crippen LogP contribution in [0.15, 0.2) is 18.2 Å². The Morgan fingerprint density at radius 3 is 2.71 bits per heavy atom. The van der Waals surface area contributed by atoms with E-state index in [4.69, 9.17) is 4.74 Å². The van der Waals surface area contributed by atoms with Crippen molar-refractivity contribution in [2.24, 2.45) is 0 Å². The summed E-state index contributed by atoms with van der Waals surface area (Å²) in [5.41, 5.74) is 0.588. The number of ether oxygens (including phenoxy) is 1. The van der Waals surface area contributed by atoms with Gasteiger partial charge in [-0.25, -0.2) is 8.78 Å². The zero-order valence-electron chi connectivity index (χ0n) is 9.45. The van der Waals surface area contributed by atoms with Gasteiger partial charge in [-0.05, 0) is 17.7 Å². The molecule has 1 amide bonds. The molecule has 0 spiro atoms. The predicted octanol–water partition coefficient (Wildman–Crippen LogP) is 1.71. The molecule has 1 aromatic rings. The molecule has 0 radical (unpaired) electrons. The van der Waals surface area contributed by atoms with Crippen LogP contribution < -0.4 is 0 Å². The van der Waals surface area contributed by atoms with E-state index in [2.05, 4.69) is 0 Å². The average Bonchev–Trinajstić information content (AvgIpc) is 2.20. The van der Waals surface area contributed by atoms with Crippen LogP contribution in [0, 0.1) is 11.6 Å². The van der Waals surface area contributed by atoms with E-state index in [1.165, 1.54) is 13.0 Å². The number of halogens is 2. The number of likely N-dealkylation sites (tertiary alicyclic amines) is 1. The van der Waals surface area contributed by atoms with Crippen molar-refractivity contribution in [2.75, 3.05) is 13.1 Å². The van der Waals surface area contributed by atoms with Crippen LogP contribution in [0.2, 0.25) is 0 Å². The lowest BCUT2D eigenvalue weighted by Crippen LogP contribution is -2.53. The van der Waals surface area contributed by atoms with Crippen molar-refractivity contribution in [3.63, 3.8) is 0 Å². The molecule has 1 heterocycles. The summed E-state index contributed by atoms with van der Waals surface area (Å²) in [6.07, 6.45) is -0.00739. The Balaban J connectivity index is 1.79. The van der Waals surface area contributed by atoms with Gasteiger partial charge in [0.2, 0.25) is 5.91 Å². The molecule has 17 heavy (non-hydrogen) atoms. The molecular weight excluding hydrogens is 228 g/mol. The van der Waals surface area contributed by atoms with Crippen molar-refractivity contribution in [3.05, 3.63) is 35.4 Å². The lowest BCUT2D eigenvalue weighted by Gasteiger charge is -2.38. The topological polar surface area (TPSA) is 29.5 Å². The maximum absolute atomic E-state index is 12.9. The molecule has 3 nitrogen and oxygen atoms in total. The van der Waals surface area contributed by atoms with Gasteiger partial charge >= 0.3 is 0 Å². The fourth-order valence-electron chi connectivity index (χ4n) is 1.64. The molecule has 1 aromatic carbocycles. The molecule has 0 saturated carbocycles. The van der Waals surface area contributed by atoms with Gasteiger partial charge in [0, 0.05) is 20.0 Å². The van der Waals surface area contributed by atoms with Gasteiger partial charge in [-0.1, -0.05) is 6.07 Å². The molecule has 0 atom stereocenters. The summed E-state index contributed by atoms with van der Waals surface area (Å²) < 4.78 is 31.0. The molecule has 1 aliphatic rings. The molecule has 0 unspecified atom stereocenters. The standard InChI is InChI=1S/C12H13F2NO2/c1-8(16)15-5-10(6-15)17-7-9-2-3-11(13)12(14)4-9/h2-4,10H,5-7H2,1H3. The van der Waals surface area contributed by atoms with Crippen LogP contribution in [0.4, 0.5) is 8.78 Å². The van der Waals surface area contributed by atoms with Gasteiger partial charge in [0.15, 0.2) is 11.6 Å². The predicted molar refractivity (Wildman–Crippen MR) is 57.2 cm³/mol. The molecule has 1 aliphatic heterocycles. The average molecular weight is 241 g/mol. The summed E-state index contributed by atoms with van der Waals surface area (Å²) in [4.78, 5) is 12.6.